The van der Waals surface area contributed by atoms with Gasteiger partial charge in [0, 0.05) is 27.4 Å². The molecule has 28 heavy (non-hydrogen) atoms. The molecule has 0 saturated heterocycles. The lowest BCUT2D eigenvalue weighted by Gasteiger charge is -2.12. The van der Waals surface area contributed by atoms with Crippen LogP contribution in [0.1, 0.15) is 11.3 Å². The summed E-state index contributed by atoms with van der Waals surface area (Å²) in [5.74, 6) is 0.179. The van der Waals surface area contributed by atoms with E-state index in [0.717, 1.165) is 6.21 Å². The highest BCUT2D eigenvalue weighted by atomic mass is 35.5. The molecule has 2 N–H and O–H groups in total. The van der Waals surface area contributed by atoms with E-state index >= 15 is 0 Å². The molecule has 0 aliphatic rings. The van der Waals surface area contributed by atoms with E-state index in [2.05, 4.69) is 16.3 Å². The van der Waals surface area contributed by atoms with E-state index in [4.69, 9.17) is 28.6 Å². The molecule has 0 atom stereocenters. The van der Waals surface area contributed by atoms with Gasteiger partial charge in [-0.15, -0.1) is 0 Å². The summed E-state index contributed by atoms with van der Waals surface area (Å²) in [5.41, 5.74) is 2.23. The zero-order valence-electron chi connectivity index (χ0n) is 14.5. The van der Waals surface area contributed by atoms with Crippen molar-refractivity contribution in [2.24, 2.45) is 0 Å². The predicted octanol–water partition coefficient (Wildman–Crippen LogP) is 5.50. The first-order chi connectivity index (χ1) is 13.3. The van der Waals surface area contributed by atoms with Crippen molar-refractivity contribution in [3.05, 3.63) is 82.5 Å². The minimum absolute atomic E-state index is 0.00522. The fourth-order valence-corrected chi connectivity index (χ4v) is 4.15. The molecule has 0 radical (unpaired) electrons. The van der Waals surface area contributed by atoms with Gasteiger partial charge < -0.3 is 5.41 Å². The number of hydrogen-bond donors (Lipinski definition) is 2. The van der Waals surface area contributed by atoms with Crippen LogP contribution in [0.4, 0.5) is 5.82 Å². The third-order valence-corrected chi connectivity index (χ3v) is 5.83. The Balaban J connectivity index is 2.00. The number of sulfonamides is 1. The Kier molecular flexibility index (Phi) is 5.84. The van der Waals surface area contributed by atoms with E-state index in [1.165, 1.54) is 18.2 Å². The summed E-state index contributed by atoms with van der Waals surface area (Å²) in [7, 11) is -3.89. The Hall–Kier alpha value is -2.67. The van der Waals surface area contributed by atoms with Gasteiger partial charge in [-0.25, -0.2) is 13.4 Å². The molecule has 1 heterocycles. The highest BCUT2D eigenvalue weighted by Gasteiger charge is 2.18. The molecule has 142 valence electrons. The maximum Gasteiger partial charge on any atom is 0.263 e. The number of nitrogens with zero attached hydrogens (tertiary/aromatic N) is 1. The Bertz CT molecular complexity index is 1180. The van der Waals surface area contributed by atoms with Crippen molar-refractivity contribution in [3.63, 3.8) is 0 Å². The van der Waals surface area contributed by atoms with Gasteiger partial charge in [0.15, 0.2) is 0 Å². The average molecular weight is 432 g/mol. The van der Waals surface area contributed by atoms with Crippen molar-refractivity contribution in [2.45, 2.75) is 4.90 Å². The Labute approximate surface area is 173 Å². The highest BCUT2D eigenvalue weighted by molar-refractivity contribution is 7.92. The van der Waals surface area contributed by atoms with Crippen LogP contribution in [-0.4, -0.2) is 19.6 Å². The van der Waals surface area contributed by atoms with Crippen LogP contribution in [0.25, 0.3) is 17.2 Å². The molecule has 0 bridgehead atoms. The van der Waals surface area contributed by atoms with Crippen LogP contribution in [0.15, 0.2) is 66.1 Å². The number of aromatic nitrogens is 1. The molecule has 3 rings (SSSR count). The predicted molar refractivity (Wildman–Crippen MR) is 115 cm³/mol. The summed E-state index contributed by atoms with van der Waals surface area (Å²) in [6.45, 7) is 3.62. The number of anilines is 1. The first-order valence-electron chi connectivity index (χ1n) is 8.06. The van der Waals surface area contributed by atoms with Gasteiger partial charge in [-0.2, -0.15) is 0 Å². The van der Waals surface area contributed by atoms with Crippen LogP contribution in [-0.2, 0) is 10.0 Å². The monoisotopic (exact) mass is 431 g/mol. The lowest BCUT2D eigenvalue weighted by Crippen LogP contribution is -2.14. The van der Waals surface area contributed by atoms with Crippen molar-refractivity contribution in [1.82, 2.24) is 4.98 Å². The molecule has 0 unspecified atom stereocenters. The van der Waals surface area contributed by atoms with Crippen molar-refractivity contribution in [2.75, 3.05) is 4.72 Å². The van der Waals surface area contributed by atoms with Gasteiger partial charge in [0.25, 0.3) is 10.0 Å². The van der Waals surface area contributed by atoms with Crippen LogP contribution in [0.5, 0.6) is 0 Å². The molecule has 3 aromatic rings. The van der Waals surface area contributed by atoms with E-state index in [1.54, 1.807) is 42.5 Å². The zero-order valence-corrected chi connectivity index (χ0v) is 16.8. The van der Waals surface area contributed by atoms with Crippen LogP contribution >= 0.6 is 23.2 Å². The van der Waals surface area contributed by atoms with E-state index in [0.29, 0.717) is 32.4 Å². The Morgan fingerprint density at radius 3 is 2.46 bits per heavy atom. The summed E-state index contributed by atoms with van der Waals surface area (Å²) < 4.78 is 27.9. The maximum atomic E-state index is 12.7. The second-order valence-electron chi connectivity index (χ2n) is 5.77. The number of nitrogens with one attached hydrogen (secondary N) is 2. The minimum atomic E-state index is -3.89. The molecular formula is C20H15Cl2N3O2S. The molecule has 0 aliphatic carbocycles. The molecule has 1 aromatic heterocycles. The standard InChI is InChI=1S/C20H15Cl2N3O2S/c1-2-15-4-3-5-20(24-15)25-28(26,27)16-7-9-17(13(10-16)12-23)18-8-6-14(21)11-19(18)22/h2-12,23H,1H2,(H,24,25). The number of rotatable bonds is 6. The van der Waals surface area contributed by atoms with Crippen molar-refractivity contribution < 1.29 is 8.42 Å². The number of hydrogen-bond acceptors (Lipinski definition) is 4. The van der Waals surface area contributed by atoms with E-state index in [9.17, 15) is 8.42 Å². The third-order valence-electron chi connectivity index (χ3n) is 3.93. The quantitative estimate of drug-likeness (QED) is 0.505. The van der Waals surface area contributed by atoms with Gasteiger partial charge in [-0.05, 0) is 48.0 Å². The fraction of sp³-hybridized carbons (Fsp3) is 0. The molecule has 0 amide bonds. The molecule has 5 nitrogen and oxygen atoms in total. The van der Waals surface area contributed by atoms with Gasteiger partial charge in [0.05, 0.1) is 10.6 Å². The highest BCUT2D eigenvalue weighted by Crippen LogP contribution is 2.33. The topological polar surface area (TPSA) is 82.9 Å². The summed E-state index contributed by atoms with van der Waals surface area (Å²) in [5, 5.41) is 8.59. The SMILES string of the molecule is C=Cc1cccc(NS(=O)(=O)c2ccc(-c3ccc(Cl)cc3Cl)c(C=N)c2)n1. The lowest BCUT2D eigenvalue weighted by atomic mass is 10.0. The summed E-state index contributed by atoms with van der Waals surface area (Å²) in [6.07, 6.45) is 2.60. The number of pyridine rings is 1. The van der Waals surface area contributed by atoms with Crippen LogP contribution < -0.4 is 4.72 Å². The summed E-state index contributed by atoms with van der Waals surface area (Å²) in [4.78, 5) is 4.15. The van der Waals surface area contributed by atoms with E-state index in [-0.39, 0.29) is 10.7 Å². The van der Waals surface area contributed by atoms with Gasteiger partial charge in [0.2, 0.25) is 0 Å². The molecule has 0 aliphatic heterocycles. The normalized spacial score (nSPS) is 11.1. The second kappa shape index (κ2) is 8.14. The number of halogens is 2. The Morgan fingerprint density at radius 1 is 1.04 bits per heavy atom. The number of benzene rings is 2. The molecular weight excluding hydrogens is 417 g/mol. The van der Waals surface area contributed by atoms with Crippen molar-refractivity contribution >= 4 is 51.3 Å². The van der Waals surface area contributed by atoms with Crippen LogP contribution in [0, 0.1) is 5.41 Å². The van der Waals surface area contributed by atoms with E-state index < -0.39 is 10.0 Å². The third kappa shape index (κ3) is 4.25. The minimum Gasteiger partial charge on any atom is -0.308 e. The molecule has 0 spiro atoms. The first kappa shape index (κ1) is 20.1. The van der Waals surface area contributed by atoms with Crippen LogP contribution in [0.2, 0.25) is 10.0 Å². The smallest absolute Gasteiger partial charge is 0.263 e. The molecule has 8 heteroatoms. The van der Waals surface area contributed by atoms with Crippen molar-refractivity contribution in [3.8, 4) is 11.1 Å². The second-order valence-corrected chi connectivity index (χ2v) is 8.30. The van der Waals surface area contributed by atoms with Gasteiger partial charge in [-0.3, -0.25) is 4.72 Å². The van der Waals surface area contributed by atoms with Crippen molar-refractivity contribution in [1.29, 1.82) is 5.41 Å². The summed E-state index contributed by atoms with van der Waals surface area (Å²) >= 11 is 12.2. The van der Waals surface area contributed by atoms with Gasteiger partial charge >= 0.3 is 0 Å². The molecule has 0 fully saturated rings. The van der Waals surface area contributed by atoms with Gasteiger partial charge in [-0.1, -0.05) is 48.0 Å². The zero-order chi connectivity index (χ0) is 20.3. The maximum absolute atomic E-state index is 12.7. The average Bonchev–Trinajstić information content (AvgIpc) is 2.67. The van der Waals surface area contributed by atoms with E-state index in [1.807, 2.05) is 0 Å². The van der Waals surface area contributed by atoms with Crippen LogP contribution in [0.3, 0.4) is 0 Å². The Morgan fingerprint density at radius 2 is 1.79 bits per heavy atom. The first-order valence-corrected chi connectivity index (χ1v) is 10.3. The molecule has 0 saturated carbocycles. The summed E-state index contributed by atoms with van der Waals surface area (Å²) in [6, 6.07) is 14.4. The fourth-order valence-electron chi connectivity index (χ4n) is 2.60. The van der Waals surface area contributed by atoms with Gasteiger partial charge in [0.1, 0.15) is 5.82 Å². The largest absolute Gasteiger partial charge is 0.308 e. The lowest BCUT2D eigenvalue weighted by molar-refractivity contribution is 0.601. The molecule has 2 aromatic carbocycles.